The standard InChI is InChI=1S/C28H30N4O4/c1-20(33)29-17-25(27-28(35)26(34)18-30-31-27)16-23-8-4-21(5-9-23)2-3-22-6-10-24(11-7-22)19-32-12-14-36-15-13-32/h4-11,18,25H,12-17,19H2,1H3,(H,29,33)(H,30,35)(H,31,34). The number of nitrogens with one attached hydrogen (secondary N) is 2. The Hall–Kier alpha value is -3.93. The van der Waals surface area contributed by atoms with Crippen LogP contribution in [0.1, 0.15) is 40.8 Å². The van der Waals surface area contributed by atoms with Crippen LogP contribution in [-0.2, 0) is 22.5 Å². The number of amides is 1. The fraction of sp³-hybridized carbons (Fsp3) is 0.321. The molecule has 1 unspecified atom stereocenters. The molecular formula is C28H30N4O4. The van der Waals surface area contributed by atoms with E-state index in [1.54, 1.807) is 0 Å². The second-order valence-electron chi connectivity index (χ2n) is 8.87. The second kappa shape index (κ2) is 12.2. The molecule has 8 nitrogen and oxygen atoms in total. The average Bonchev–Trinajstić information content (AvgIpc) is 2.89. The van der Waals surface area contributed by atoms with Crippen molar-refractivity contribution in [1.29, 1.82) is 0 Å². The lowest BCUT2D eigenvalue weighted by Gasteiger charge is -2.26. The minimum Gasteiger partial charge on any atom is -0.503 e. The van der Waals surface area contributed by atoms with Crippen LogP contribution in [0.2, 0.25) is 0 Å². The van der Waals surface area contributed by atoms with E-state index in [-0.39, 0.29) is 24.1 Å². The van der Waals surface area contributed by atoms with Gasteiger partial charge in [-0.1, -0.05) is 36.1 Å². The molecule has 0 bridgehead atoms. The first kappa shape index (κ1) is 25.2. The molecule has 2 heterocycles. The fourth-order valence-corrected chi connectivity index (χ4v) is 4.10. The molecule has 1 atom stereocenters. The summed E-state index contributed by atoms with van der Waals surface area (Å²) >= 11 is 0. The van der Waals surface area contributed by atoms with E-state index in [2.05, 4.69) is 44.4 Å². The monoisotopic (exact) mass is 486 g/mol. The normalized spacial score (nSPS) is 14.5. The van der Waals surface area contributed by atoms with E-state index >= 15 is 0 Å². The summed E-state index contributed by atoms with van der Waals surface area (Å²) in [4.78, 5) is 25.7. The molecule has 3 aromatic rings. The lowest BCUT2D eigenvalue weighted by Crippen LogP contribution is -2.35. The lowest BCUT2D eigenvalue weighted by molar-refractivity contribution is -0.119. The largest absolute Gasteiger partial charge is 0.503 e. The van der Waals surface area contributed by atoms with E-state index in [1.165, 1.54) is 12.5 Å². The van der Waals surface area contributed by atoms with Crippen LogP contribution in [0.3, 0.4) is 0 Å². The van der Waals surface area contributed by atoms with Crippen LogP contribution in [-0.4, -0.2) is 59.0 Å². The maximum Gasteiger partial charge on any atom is 0.241 e. The lowest BCUT2D eigenvalue weighted by atomic mass is 9.94. The Morgan fingerprint density at radius 2 is 1.69 bits per heavy atom. The molecule has 0 saturated carbocycles. The molecule has 1 aliphatic rings. The molecule has 0 radical (unpaired) electrons. The summed E-state index contributed by atoms with van der Waals surface area (Å²) in [7, 11) is 0. The van der Waals surface area contributed by atoms with E-state index in [0.717, 1.165) is 55.7 Å². The quantitative estimate of drug-likeness (QED) is 0.442. The van der Waals surface area contributed by atoms with E-state index < -0.39 is 5.43 Å². The molecule has 1 amide bonds. The van der Waals surface area contributed by atoms with Gasteiger partial charge in [-0.05, 0) is 41.8 Å². The Morgan fingerprint density at radius 3 is 2.31 bits per heavy atom. The predicted molar refractivity (Wildman–Crippen MR) is 137 cm³/mol. The Kier molecular flexibility index (Phi) is 8.50. The number of carbonyl (C=O) groups excluding carboxylic acids is 1. The molecular weight excluding hydrogens is 456 g/mol. The van der Waals surface area contributed by atoms with Crippen molar-refractivity contribution in [2.45, 2.75) is 25.8 Å². The van der Waals surface area contributed by atoms with Gasteiger partial charge >= 0.3 is 0 Å². The number of aromatic hydroxyl groups is 1. The molecule has 36 heavy (non-hydrogen) atoms. The van der Waals surface area contributed by atoms with Crippen molar-refractivity contribution >= 4 is 5.91 Å². The van der Waals surface area contributed by atoms with Gasteiger partial charge < -0.3 is 15.2 Å². The minimum atomic E-state index is -0.559. The third-order valence-corrected chi connectivity index (χ3v) is 6.11. The number of morpholine rings is 1. The first-order valence-electron chi connectivity index (χ1n) is 12.0. The first-order valence-corrected chi connectivity index (χ1v) is 12.0. The molecule has 1 aliphatic heterocycles. The van der Waals surface area contributed by atoms with Gasteiger partial charge in [0.15, 0.2) is 5.75 Å². The molecule has 1 fully saturated rings. The van der Waals surface area contributed by atoms with Gasteiger partial charge in [-0.15, -0.1) is 0 Å². The van der Waals surface area contributed by atoms with Crippen molar-refractivity contribution in [3.05, 3.63) is 92.9 Å². The molecule has 8 heteroatoms. The zero-order valence-electron chi connectivity index (χ0n) is 20.3. The molecule has 186 valence electrons. The van der Waals surface area contributed by atoms with Gasteiger partial charge in [0.05, 0.1) is 25.1 Å². The summed E-state index contributed by atoms with van der Waals surface area (Å²) in [5.74, 6) is 5.50. The second-order valence-corrected chi connectivity index (χ2v) is 8.87. The van der Waals surface area contributed by atoms with E-state index in [9.17, 15) is 14.7 Å². The third kappa shape index (κ3) is 7.04. The van der Waals surface area contributed by atoms with Crippen molar-refractivity contribution in [3.8, 4) is 17.6 Å². The van der Waals surface area contributed by atoms with Crippen LogP contribution >= 0.6 is 0 Å². The van der Waals surface area contributed by atoms with Gasteiger partial charge in [0, 0.05) is 50.1 Å². The minimum absolute atomic E-state index is 0.189. The highest BCUT2D eigenvalue weighted by atomic mass is 16.5. The molecule has 4 rings (SSSR count). The van der Waals surface area contributed by atoms with Crippen molar-refractivity contribution in [1.82, 2.24) is 20.4 Å². The van der Waals surface area contributed by atoms with Crippen LogP contribution in [0.5, 0.6) is 5.75 Å². The molecule has 1 saturated heterocycles. The highest BCUT2D eigenvalue weighted by Gasteiger charge is 2.19. The summed E-state index contributed by atoms with van der Waals surface area (Å²) < 4.78 is 5.40. The number of benzene rings is 2. The SMILES string of the molecule is CC(=O)NCC(Cc1ccc(C#Cc2ccc(CN3CCOCC3)cc2)cc1)c1[nH]ncc(=O)c1O. The average molecular weight is 487 g/mol. The first-order chi connectivity index (χ1) is 17.5. The highest BCUT2D eigenvalue weighted by Crippen LogP contribution is 2.23. The van der Waals surface area contributed by atoms with Gasteiger partial charge in [-0.3, -0.25) is 19.6 Å². The Morgan fingerprint density at radius 1 is 1.08 bits per heavy atom. The van der Waals surface area contributed by atoms with Gasteiger partial charge in [-0.2, -0.15) is 5.10 Å². The number of aromatic nitrogens is 2. The van der Waals surface area contributed by atoms with Crippen molar-refractivity contribution in [3.63, 3.8) is 0 Å². The Bertz CT molecular complexity index is 1280. The van der Waals surface area contributed by atoms with Crippen LogP contribution in [0.15, 0.2) is 59.5 Å². The van der Waals surface area contributed by atoms with Crippen molar-refractivity contribution < 1.29 is 14.6 Å². The van der Waals surface area contributed by atoms with Gasteiger partial charge in [0.1, 0.15) is 0 Å². The summed E-state index contributed by atoms with van der Waals surface area (Å²) in [5.41, 5.74) is 3.82. The fourth-order valence-electron chi connectivity index (χ4n) is 4.10. The number of carbonyl (C=O) groups is 1. The van der Waals surface area contributed by atoms with Crippen LogP contribution in [0.4, 0.5) is 0 Å². The number of hydrogen-bond donors (Lipinski definition) is 3. The third-order valence-electron chi connectivity index (χ3n) is 6.11. The van der Waals surface area contributed by atoms with E-state index in [1.807, 2.05) is 36.4 Å². The van der Waals surface area contributed by atoms with Crippen LogP contribution < -0.4 is 10.7 Å². The van der Waals surface area contributed by atoms with Gasteiger partial charge in [0.2, 0.25) is 11.3 Å². The van der Waals surface area contributed by atoms with Gasteiger partial charge in [-0.25, -0.2) is 0 Å². The molecule has 1 aromatic heterocycles. The zero-order chi connectivity index (χ0) is 25.3. The van der Waals surface area contributed by atoms with Crippen molar-refractivity contribution in [2.24, 2.45) is 0 Å². The molecule has 2 aromatic carbocycles. The van der Waals surface area contributed by atoms with Crippen LogP contribution in [0, 0.1) is 11.8 Å². The Balaban J connectivity index is 1.40. The summed E-state index contributed by atoms with van der Waals surface area (Å²) in [6, 6.07) is 16.1. The smallest absolute Gasteiger partial charge is 0.241 e. The van der Waals surface area contributed by atoms with Crippen LogP contribution in [0.25, 0.3) is 0 Å². The Labute approximate surface area is 210 Å². The maximum absolute atomic E-state index is 11.8. The number of rotatable bonds is 7. The number of H-pyrrole nitrogens is 1. The zero-order valence-corrected chi connectivity index (χ0v) is 20.3. The molecule has 0 aliphatic carbocycles. The highest BCUT2D eigenvalue weighted by molar-refractivity contribution is 5.72. The number of aromatic amines is 1. The summed E-state index contributed by atoms with van der Waals surface area (Å²) in [6.07, 6.45) is 1.52. The summed E-state index contributed by atoms with van der Waals surface area (Å²) in [6.45, 7) is 6.13. The maximum atomic E-state index is 11.8. The molecule has 0 spiro atoms. The summed E-state index contributed by atoms with van der Waals surface area (Å²) in [5, 5.41) is 19.5. The van der Waals surface area contributed by atoms with E-state index in [4.69, 9.17) is 4.74 Å². The van der Waals surface area contributed by atoms with Crippen molar-refractivity contribution in [2.75, 3.05) is 32.8 Å². The van der Waals surface area contributed by atoms with E-state index in [0.29, 0.717) is 12.1 Å². The molecule has 3 N–H and O–H groups in total. The predicted octanol–water partition coefficient (Wildman–Crippen LogP) is 2.17. The number of hydrogen-bond acceptors (Lipinski definition) is 6. The number of ether oxygens (including phenoxy) is 1. The topological polar surface area (TPSA) is 108 Å². The number of nitrogens with zero attached hydrogens (tertiary/aromatic N) is 2. The van der Waals surface area contributed by atoms with Gasteiger partial charge in [0.25, 0.3) is 0 Å².